The Bertz CT molecular complexity index is 1130. The lowest BCUT2D eigenvalue weighted by Crippen LogP contribution is -2.69. The Morgan fingerprint density at radius 2 is 1.21 bits per heavy atom. The van der Waals surface area contributed by atoms with Gasteiger partial charge in [-0.2, -0.15) is 0 Å². The number of amides is 1. The summed E-state index contributed by atoms with van der Waals surface area (Å²) in [6, 6.07) is -2.23. The molecule has 0 unspecified atom stereocenters. The molecule has 1 N–H and O–H groups in total. The molecule has 1 amide bonds. The minimum Gasteiger partial charge on any atom is -0.463 e. The Balaban J connectivity index is 2.07. The van der Waals surface area contributed by atoms with Crippen LogP contribution in [0.25, 0.3) is 0 Å². The molecule has 17 heteroatoms. The molecular formula is C26H36N2O15. The van der Waals surface area contributed by atoms with E-state index in [9.17, 15) is 28.8 Å². The zero-order valence-electron chi connectivity index (χ0n) is 24.8. The predicted molar refractivity (Wildman–Crippen MR) is 138 cm³/mol. The number of carbonyl (C=O) groups excluding carboxylic acids is 6. The van der Waals surface area contributed by atoms with Crippen LogP contribution in [0.4, 0.5) is 0 Å². The summed E-state index contributed by atoms with van der Waals surface area (Å²) in [5, 5.41) is 2.59. The number of carbonyl (C=O) groups is 6. The zero-order valence-corrected chi connectivity index (χ0v) is 24.8. The summed E-state index contributed by atoms with van der Waals surface area (Å²) in [4.78, 5) is 76.4. The van der Waals surface area contributed by atoms with Crippen molar-refractivity contribution in [1.29, 1.82) is 0 Å². The summed E-state index contributed by atoms with van der Waals surface area (Å²) < 4.78 is 50.8. The van der Waals surface area contributed by atoms with Crippen molar-refractivity contribution in [2.75, 3.05) is 13.2 Å². The molecule has 10 atom stereocenters. The molecule has 0 aliphatic carbocycles. The van der Waals surface area contributed by atoms with Crippen molar-refractivity contribution < 1.29 is 71.4 Å². The van der Waals surface area contributed by atoms with E-state index < -0.39 is 104 Å². The molecular weight excluding hydrogens is 580 g/mol. The predicted octanol–water partition coefficient (Wildman–Crippen LogP) is -0.935. The molecule has 240 valence electrons. The first kappa shape index (κ1) is 33.7. The number of nitrogens with one attached hydrogen (secondary N) is 1. The van der Waals surface area contributed by atoms with Crippen LogP contribution in [0.3, 0.4) is 0 Å². The molecule has 2 fully saturated rings. The maximum absolute atomic E-state index is 12.3. The average Bonchev–Trinajstić information content (AvgIpc) is 3.25. The van der Waals surface area contributed by atoms with Gasteiger partial charge < -0.3 is 47.9 Å². The second-order valence-corrected chi connectivity index (χ2v) is 10.00. The van der Waals surface area contributed by atoms with Gasteiger partial charge in [-0.15, -0.1) is 0 Å². The van der Waals surface area contributed by atoms with E-state index in [2.05, 4.69) is 10.3 Å². The van der Waals surface area contributed by atoms with Gasteiger partial charge in [0.1, 0.15) is 37.6 Å². The number of rotatable bonds is 10. The van der Waals surface area contributed by atoms with Gasteiger partial charge in [0.15, 0.2) is 36.5 Å². The van der Waals surface area contributed by atoms with Crippen molar-refractivity contribution in [3.63, 3.8) is 0 Å². The number of nitrogens with zero attached hydrogens (tertiary/aromatic N) is 1. The first-order valence-electron chi connectivity index (χ1n) is 13.4. The van der Waals surface area contributed by atoms with Crippen LogP contribution in [0, 0.1) is 0 Å². The third-order valence-corrected chi connectivity index (χ3v) is 6.35. The van der Waals surface area contributed by atoms with Crippen molar-refractivity contribution in [2.24, 2.45) is 4.99 Å². The van der Waals surface area contributed by atoms with E-state index in [1.807, 2.05) is 0 Å². The summed E-state index contributed by atoms with van der Waals surface area (Å²) in [6.45, 7) is 7.61. The fourth-order valence-corrected chi connectivity index (χ4v) is 4.92. The molecule has 3 heterocycles. The van der Waals surface area contributed by atoms with Crippen molar-refractivity contribution in [2.45, 2.75) is 110 Å². The highest BCUT2D eigenvalue weighted by Crippen LogP contribution is 2.36. The molecule has 3 rings (SSSR count). The maximum Gasteiger partial charge on any atom is 0.303 e. The van der Waals surface area contributed by atoms with Crippen LogP contribution < -0.4 is 5.32 Å². The summed E-state index contributed by atoms with van der Waals surface area (Å²) in [5.41, 5.74) is 0. The van der Waals surface area contributed by atoms with Gasteiger partial charge in [0.05, 0.1) is 0 Å². The molecule has 0 aromatic carbocycles. The Morgan fingerprint density at radius 3 is 1.72 bits per heavy atom. The molecule has 2 saturated heterocycles. The molecule has 0 aromatic rings. The van der Waals surface area contributed by atoms with Gasteiger partial charge in [-0.3, -0.25) is 28.8 Å². The molecule has 3 aliphatic rings. The SMILES string of the molecule is CC(=O)N[C@H]1[C@H](O[C@H]2[C@H](OC(C)=O)[C@H]3N=C(C)O[C@H]3O[C@@H]2COC(C)=O)O[C@H](COC(C)=O)[C@@H](OC(C)=O)[C@@H]1OC(C)=O. The highest BCUT2D eigenvalue weighted by molar-refractivity contribution is 5.75. The van der Waals surface area contributed by atoms with Crippen LogP contribution >= 0.6 is 0 Å². The summed E-state index contributed by atoms with van der Waals surface area (Å²) in [5.74, 6) is -3.97. The van der Waals surface area contributed by atoms with E-state index in [1.54, 1.807) is 6.92 Å². The van der Waals surface area contributed by atoms with Crippen molar-refractivity contribution in [1.82, 2.24) is 5.32 Å². The highest BCUT2D eigenvalue weighted by atomic mass is 16.7. The minimum atomic E-state index is -1.53. The molecule has 0 radical (unpaired) electrons. The van der Waals surface area contributed by atoms with E-state index in [-0.39, 0.29) is 12.5 Å². The van der Waals surface area contributed by atoms with E-state index in [0.717, 1.165) is 20.8 Å². The van der Waals surface area contributed by atoms with Gasteiger partial charge >= 0.3 is 29.8 Å². The van der Waals surface area contributed by atoms with Gasteiger partial charge in [0.2, 0.25) is 12.2 Å². The highest BCUT2D eigenvalue weighted by Gasteiger charge is 2.57. The molecule has 3 aliphatic heterocycles. The Kier molecular flexibility index (Phi) is 11.4. The molecule has 0 bridgehead atoms. The lowest BCUT2D eigenvalue weighted by molar-refractivity contribution is -0.324. The third-order valence-electron chi connectivity index (χ3n) is 6.35. The van der Waals surface area contributed by atoms with Crippen LogP contribution in [-0.2, 0) is 71.4 Å². The summed E-state index contributed by atoms with van der Waals surface area (Å²) >= 11 is 0. The van der Waals surface area contributed by atoms with Crippen molar-refractivity contribution in [3.8, 4) is 0 Å². The number of aliphatic imine (C=N–C) groups is 1. The van der Waals surface area contributed by atoms with E-state index in [1.165, 1.54) is 20.8 Å². The van der Waals surface area contributed by atoms with Crippen LogP contribution in [0.1, 0.15) is 48.5 Å². The minimum absolute atomic E-state index is 0.240. The van der Waals surface area contributed by atoms with Crippen LogP contribution in [0.2, 0.25) is 0 Å². The second-order valence-electron chi connectivity index (χ2n) is 10.00. The van der Waals surface area contributed by atoms with E-state index >= 15 is 0 Å². The third kappa shape index (κ3) is 9.08. The first-order valence-corrected chi connectivity index (χ1v) is 13.4. The van der Waals surface area contributed by atoms with Crippen LogP contribution in [-0.4, -0.2) is 116 Å². The quantitative estimate of drug-likeness (QED) is 0.232. The van der Waals surface area contributed by atoms with Crippen molar-refractivity contribution >= 4 is 41.7 Å². The molecule has 0 aromatic heterocycles. The standard InChI is InChI=1S/C26H36N2O15/c1-10(29)27-19-23(39-15(6)33)21(38-14(5)32)17(8-35-12(3)30)42-26(19)43-22-18(9-36-13(4)31)41-25-20(28-11(2)37-25)24(22)40-16(7)34/h17-26H,8-9H2,1-7H3,(H,27,29)/t17-,18-,19-,20-,21-,22-,23-,24-,25+,26+/m1/s1. The number of esters is 5. The summed E-state index contributed by atoms with van der Waals surface area (Å²) in [7, 11) is 0. The Morgan fingerprint density at radius 1 is 0.698 bits per heavy atom. The monoisotopic (exact) mass is 616 g/mol. The first-order chi connectivity index (χ1) is 20.2. The number of hydrogen-bond donors (Lipinski definition) is 1. The van der Waals surface area contributed by atoms with Gasteiger partial charge in [0.25, 0.3) is 0 Å². The number of fused-ring (bicyclic) bond motifs is 1. The number of hydrogen-bond acceptors (Lipinski definition) is 16. The molecule has 0 spiro atoms. The topological polar surface area (TPSA) is 210 Å². The molecule has 0 saturated carbocycles. The lowest BCUT2D eigenvalue weighted by Gasteiger charge is -2.48. The fourth-order valence-electron chi connectivity index (χ4n) is 4.92. The summed E-state index contributed by atoms with van der Waals surface area (Å²) in [6.07, 6.45) is -10.2. The zero-order chi connectivity index (χ0) is 32.0. The van der Waals surface area contributed by atoms with Gasteiger partial charge in [-0.1, -0.05) is 0 Å². The molecule has 17 nitrogen and oxygen atoms in total. The van der Waals surface area contributed by atoms with Gasteiger partial charge in [-0.05, 0) is 0 Å². The van der Waals surface area contributed by atoms with Crippen LogP contribution in [0.5, 0.6) is 0 Å². The number of ether oxygens (including phenoxy) is 9. The Hall–Kier alpha value is -3.83. The molecule has 43 heavy (non-hydrogen) atoms. The van der Waals surface area contributed by atoms with E-state index in [4.69, 9.17) is 42.6 Å². The largest absolute Gasteiger partial charge is 0.463 e. The van der Waals surface area contributed by atoms with Gasteiger partial charge in [-0.25, -0.2) is 4.99 Å². The van der Waals surface area contributed by atoms with Crippen molar-refractivity contribution in [3.05, 3.63) is 0 Å². The van der Waals surface area contributed by atoms with E-state index in [0.29, 0.717) is 0 Å². The normalized spacial score (nSPS) is 33.0. The van der Waals surface area contributed by atoms with Crippen LogP contribution in [0.15, 0.2) is 4.99 Å². The Labute approximate surface area is 246 Å². The maximum atomic E-state index is 12.3. The fraction of sp³-hybridized carbons (Fsp3) is 0.731. The second kappa shape index (κ2) is 14.6. The average molecular weight is 617 g/mol. The lowest BCUT2D eigenvalue weighted by atomic mass is 9.94. The smallest absolute Gasteiger partial charge is 0.303 e. The van der Waals surface area contributed by atoms with Gasteiger partial charge in [0, 0.05) is 48.5 Å².